The lowest BCUT2D eigenvalue weighted by Crippen LogP contribution is -2.25. The Bertz CT molecular complexity index is 691. The SMILES string of the molecule is Cc1nn(CCCO)c(C)c1S(=O)(=O)NCc1ncc[nH]1. The summed E-state index contributed by atoms with van der Waals surface area (Å²) in [5.74, 6) is 0.543. The normalized spacial score (nSPS) is 12.0. The van der Waals surface area contributed by atoms with Gasteiger partial charge < -0.3 is 10.1 Å². The first-order valence-corrected chi connectivity index (χ1v) is 8.07. The lowest BCUT2D eigenvalue weighted by Gasteiger charge is -2.07. The summed E-state index contributed by atoms with van der Waals surface area (Å²) in [6.45, 7) is 3.98. The minimum absolute atomic E-state index is 0.0389. The maximum absolute atomic E-state index is 12.4. The van der Waals surface area contributed by atoms with Crippen LogP contribution >= 0.6 is 0 Å². The smallest absolute Gasteiger partial charge is 0.244 e. The number of aromatic nitrogens is 4. The summed E-state index contributed by atoms with van der Waals surface area (Å²) >= 11 is 0. The van der Waals surface area contributed by atoms with Crippen molar-refractivity contribution < 1.29 is 13.5 Å². The summed E-state index contributed by atoms with van der Waals surface area (Å²) in [6, 6.07) is 0. The predicted octanol–water partition coefficient (Wildman–Crippen LogP) is 0.0839. The van der Waals surface area contributed by atoms with Crippen LogP contribution in [0.15, 0.2) is 17.3 Å². The van der Waals surface area contributed by atoms with Gasteiger partial charge in [0.25, 0.3) is 0 Å². The van der Waals surface area contributed by atoms with Gasteiger partial charge in [0, 0.05) is 25.5 Å². The van der Waals surface area contributed by atoms with Gasteiger partial charge in [-0.3, -0.25) is 4.68 Å². The van der Waals surface area contributed by atoms with Crippen LogP contribution in [0.5, 0.6) is 0 Å². The van der Waals surface area contributed by atoms with Crippen molar-refractivity contribution in [3.63, 3.8) is 0 Å². The molecule has 2 rings (SSSR count). The maximum Gasteiger partial charge on any atom is 0.244 e. The van der Waals surface area contributed by atoms with Crippen molar-refractivity contribution in [1.82, 2.24) is 24.5 Å². The van der Waals surface area contributed by atoms with Gasteiger partial charge in [-0.1, -0.05) is 0 Å². The zero-order valence-corrected chi connectivity index (χ0v) is 12.8. The summed E-state index contributed by atoms with van der Waals surface area (Å²) in [4.78, 5) is 7.00. The van der Waals surface area contributed by atoms with E-state index in [4.69, 9.17) is 5.11 Å². The van der Waals surface area contributed by atoms with Crippen molar-refractivity contribution in [3.05, 3.63) is 29.6 Å². The molecule has 2 aromatic heterocycles. The zero-order chi connectivity index (χ0) is 15.5. The number of H-pyrrole nitrogens is 1. The van der Waals surface area contributed by atoms with Crippen molar-refractivity contribution >= 4 is 10.0 Å². The second-order valence-corrected chi connectivity index (χ2v) is 6.36. The summed E-state index contributed by atoms with van der Waals surface area (Å²) in [5, 5.41) is 13.1. The second kappa shape index (κ2) is 6.37. The number of aromatic amines is 1. The van der Waals surface area contributed by atoms with Crippen LogP contribution in [0.4, 0.5) is 0 Å². The van der Waals surface area contributed by atoms with E-state index in [0.717, 1.165) is 0 Å². The fourth-order valence-corrected chi connectivity index (χ4v) is 3.53. The summed E-state index contributed by atoms with van der Waals surface area (Å²) in [5.41, 5.74) is 1.00. The fraction of sp³-hybridized carbons (Fsp3) is 0.500. The highest BCUT2D eigenvalue weighted by molar-refractivity contribution is 7.89. The van der Waals surface area contributed by atoms with E-state index < -0.39 is 10.0 Å². The Morgan fingerprint density at radius 3 is 2.81 bits per heavy atom. The van der Waals surface area contributed by atoms with Crippen LogP contribution in [0.2, 0.25) is 0 Å². The Morgan fingerprint density at radius 2 is 2.19 bits per heavy atom. The number of aryl methyl sites for hydroxylation is 2. The van der Waals surface area contributed by atoms with Gasteiger partial charge in [0.1, 0.15) is 10.7 Å². The number of nitrogens with one attached hydrogen (secondary N) is 2. The molecule has 0 aromatic carbocycles. The molecular formula is C12H19N5O3S. The van der Waals surface area contributed by atoms with E-state index in [1.54, 1.807) is 30.9 Å². The van der Waals surface area contributed by atoms with E-state index >= 15 is 0 Å². The minimum atomic E-state index is -3.66. The summed E-state index contributed by atoms with van der Waals surface area (Å²) in [7, 11) is -3.66. The molecule has 9 heteroatoms. The number of imidazole rings is 1. The number of hydrogen-bond donors (Lipinski definition) is 3. The van der Waals surface area contributed by atoms with Crippen molar-refractivity contribution in [2.45, 2.75) is 38.3 Å². The van der Waals surface area contributed by atoms with E-state index in [1.807, 2.05) is 0 Å². The first-order valence-electron chi connectivity index (χ1n) is 6.58. The highest BCUT2D eigenvalue weighted by Crippen LogP contribution is 2.19. The van der Waals surface area contributed by atoms with E-state index in [2.05, 4.69) is 19.8 Å². The molecule has 0 aliphatic carbocycles. The summed E-state index contributed by atoms with van der Waals surface area (Å²) < 4.78 is 28.9. The Balaban J connectivity index is 2.21. The molecule has 2 aromatic rings. The van der Waals surface area contributed by atoms with Crippen LogP contribution < -0.4 is 4.72 Å². The molecule has 21 heavy (non-hydrogen) atoms. The fourth-order valence-electron chi connectivity index (χ4n) is 2.14. The quantitative estimate of drug-likeness (QED) is 0.670. The average molecular weight is 313 g/mol. The molecule has 0 aliphatic heterocycles. The van der Waals surface area contributed by atoms with Gasteiger partial charge >= 0.3 is 0 Å². The molecule has 116 valence electrons. The molecule has 0 bridgehead atoms. The van der Waals surface area contributed by atoms with Gasteiger partial charge in [-0.25, -0.2) is 18.1 Å². The van der Waals surface area contributed by atoms with E-state index in [1.165, 1.54) is 0 Å². The van der Waals surface area contributed by atoms with Gasteiger partial charge in [0.15, 0.2) is 0 Å². The molecule has 0 atom stereocenters. The molecule has 0 unspecified atom stereocenters. The molecule has 2 heterocycles. The number of hydrogen-bond acceptors (Lipinski definition) is 5. The van der Waals surface area contributed by atoms with Crippen LogP contribution in [0, 0.1) is 13.8 Å². The van der Waals surface area contributed by atoms with Crippen LogP contribution in [0.1, 0.15) is 23.6 Å². The Morgan fingerprint density at radius 1 is 1.43 bits per heavy atom. The van der Waals surface area contributed by atoms with E-state index in [9.17, 15) is 8.42 Å². The minimum Gasteiger partial charge on any atom is -0.396 e. The third kappa shape index (κ3) is 3.49. The third-order valence-electron chi connectivity index (χ3n) is 3.10. The number of sulfonamides is 1. The van der Waals surface area contributed by atoms with Gasteiger partial charge in [-0.2, -0.15) is 5.10 Å². The Kier molecular flexibility index (Phi) is 4.76. The molecule has 8 nitrogen and oxygen atoms in total. The van der Waals surface area contributed by atoms with Crippen molar-refractivity contribution in [2.75, 3.05) is 6.61 Å². The Hall–Kier alpha value is -1.71. The van der Waals surface area contributed by atoms with Crippen molar-refractivity contribution in [1.29, 1.82) is 0 Å². The lowest BCUT2D eigenvalue weighted by molar-refractivity contribution is 0.276. The van der Waals surface area contributed by atoms with Crippen molar-refractivity contribution in [3.8, 4) is 0 Å². The van der Waals surface area contributed by atoms with E-state index in [-0.39, 0.29) is 18.0 Å². The highest BCUT2D eigenvalue weighted by Gasteiger charge is 2.24. The zero-order valence-electron chi connectivity index (χ0n) is 12.0. The number of rotatable bonds is 7. The molecule has 0 amide bonds. The molecule has 0 fully saturated rings. The lowest BCUT2D eigenvalue weighted by atomic mass is 10.4. The van der Waals surface area contributed by atoms with Gasteiger partial charge in [-0.05, 0) is 20.3 Å². The molecule has 0 spiro atoms. The highest BCUT2D eigenvalue weighted by atomic mass is 32.2. The van der Waals surface area contributed by atoms with Crippen molar-refractivity contribution in [2.24, 2.45) is 0 Å². The monoisotopic (exact) mass is 313 g/mol. The maximum atomic E-state index is 12.4. The van der Waals surface area contributed by atoms with E-state index in [0.29, 0.717) is 30.2 Å². The number of nitrogens with zero attached hydrogens (tertiary/aromatic N) is 3. The van der Waals surface area contributed by atoms with Crippen LogP contribution in [-0.2, 0) is 23.1 Å². The first kappa shape index (κ1) is 15.7. The van der Waals surface area contributed by atoms with Crippen LogP contribution in [0.25, 0.3) is 0 Å². The summed E-state index contributed by atoms with van der Waals surface area (Å²) in [6.07, 6.45) is 3.72. The predicted molar refractivity (Wildman–Crippen MR) is 76.0 cm³/mol. The largest absolute Gasteiger partial charge is 0.396 e. The number of aliphatic hydroxyl groups excluding tert-OH is 1. The standard InChI is InChI=1S/C12H19N5O3S/c1-9-12(10(2)17(16-9)6-3-7-18)21(19,20)15-8-11-13-4-5-14-11/h4-5,15,18H,3,6-8H2,1-2H3,(H,13,14). The topological polar surface area (TPSA) is 113 Å². The first-order chi connectivity index (χ1) is 9.95. The molecule has 3 N–H and O–H groups in total. The average Bonchev–Trinajstić information content (AvgIpc) is 3.03. The van der Waals surface area contributed by atoms with Gasteiger partial charge in [0.2, 0.25) is 10.0 Å². The Labute approximate surface area is 123 Å². The molecule has 0 radical (unpaired) electrons. The second-order valence-electron chi connectivity index (χ2n) is 4.66. The van der Waals surface area contributed by atoms with Gasteiger partial charge in [-0.15, -0.1) is 0 Å². The third-order valence-corrected chi connectivity index (χ3v) is 4.75. The number of aliphatic hydroxyl groups is 1. The molecule has 0 saturated carbocycles. The molecule has 0 saturated heterocycles. The molecule has 0 aliphatic rings. The van der Waals surface area contributed by atoms with Crippen LogP contribution in [0.3, 0.4) is 0 Å². The molecular weight excluding hydrogens is 294 g/mol. The van der Waals surface area contributed by atoms with Gasteiger partial charge in [0.05, 0.1) is 17.9 Å². The van der Waals surface area contributed by atoms with Crippen LogP contribution in [-0.4, -0.2) is 39.9 Å².